The van der Waals surface area contributed by atoms with Crippen LogP contribution in [-0.4, -0.2) is 19.0 Å². The van der Waals surface area contributed by atoms with E-state index in [0.717, 1.165) is 18.7 Å². The fourth-order valence-electron chi connectivity index (χ4n) is 3.34. The summed E-state index contributed by atoms with van der Waals surface area (Å²) in [5.41, 5.74) is 2.62. The van der Waals surface area contributed by atoms with Crippen LogP contribution in [0.1, 0.15) is 43.4 Å². The van der Waals surface area contributed by atoms with E-state index in [1.165, 1.54) is 31.0 Å². The van der Waals surface area contributed by atoms with Crippen molar-refractivity contribution >= 4 is 23.2 Å². The van der Waals surface area contributed by atoms with Gasteiger partial charge in [0.05, 0.1) is 12.5 Å². The maximum Gasteiger partial charge on any atom is 0.225 e. The first kappa shape index (κ1) is 18.7. The third kappa shape index (κ3) is 4.76. The van der Waals surface area contributed by atoms with Gasteiger partial charge in [0.25, 0.3) is 0 Å². The van der Waals surface area contributed by atoms with Crippen molar-refractivity contribution in [2.24, 2.45) is 0 Å². The maximum atomic E-state index is 13.8. The van der Waals surface area contributed by atoms with E-state index in [1.807, 2.05) is 6.92 Å². The average molecular weight is 375 g/mol. The summed E-state index contributed by atoms with van der Waals surface area (Å²) >= 11 is 5.74. The fourth-order valence-corrected chi connectivity index (χ4v) is 3.50. The molecule has 1 aliphatic heterocycles. The normalized spacial score (nSPS) is 15.6. The molecule has 0 radical (unpaired) electrons. The second kappa shape index (κ2) is 8.54. The highest BCUT2D eigenvalue weighted by Gasteiger charge is 2.14. The van der Waals surface area contributed by atoms with Gasteiger partial charge in [0.1, 0.15) is 5.82 Å². The van der Waals surface area contributed by atoms with Crippen molar-refractivity contribution in [1.82, 2.24) is 5.32 Å². The number of benzene rings is 2. The van der Waals surface area contributed by atoms with Gasteiger partial charge in [-0.2, -0.15) is 0 Å². The molecule has 0 bridgehead atoms. The molecule has 1 aliphatic rings. The number of nitrogens with one attached hydrogen (secondary N) is 1. The second-order valence-electron chi connectivity index (χ2n) is 6.84. The zero-order valence-electron chi connectivity index (χ0n) is 15.0. The number of hydrogen-bond acceptors (Lipinski definition) is 2. The molecule has 0 spiro atoms. The standard InChI is InChI=1S/C21H24ClFN2O/c1-15(24-21(26)13-17-5-8-18(22)14-20(17)23)16-6-9-19(10-7-16)25-11-3-2-4-12-25/h5-10,14-15H,2-4,11-13H2,1H3,(H,24,26)/t15-/m0/s1. The monoisotopic (exact) mass is 374 g/mol. The SMILES string of the molecule is C[C@H](NC(=O)Cc1ccc(Cl)cc1F)c1ccc(N2CCCCC2)cc1. The minimum absolute atomic E-state index is 0.000790. The smallest absolute Gasteiger partial charge is 0.225 e. The number of piperidine rings is 1. The number of carbonyl (C=O) groups is 1. The van der Waals surface area contributed by atoms with Crippen molar-refractivity contribution in [3.63, 3.8) is 0 Å². The van der Waals surface area contributed by atoms with Gasteiger partial charge in [-0.05, 0) is 61.6 Å². The van der Waals surface area contributed by atoms with Crippen molar-refractivity contribution in [3.05, 3.63) is 64.4 Å². The molecule has 1 atom stereocenters. The van der Waals surface area contributed by atoms with Crippen LogP contribution in [0.25, 0.3) is 0 Å². The maximum absolute atomic E-state index is 13.8. The summed E-state index contributed by atoms with van der Waals surface area (Å²) in [5.74, 6) is -0.662. The first-order valence-electron chi connectivity index (χ1n) is 9.11. The Balaban J connectivity index is 1.58. The molecule has 26 heavy (non-hydrogen) atoms. The van der Waals surface area contributed by atoms with Crippen molar-refractivity contribution < 1.29 is 9.18 Å². The largest absolute Gasteiger partial charge is 0.372 e. The fraction of sp³-hybridized carbons (Fsp3) is 0.381. The summed E-state index contributed by atoms with van der Waals surface area (Å²) in [6.07, 6.45) is 3.80. The number of halogens is 2. The molecule has 3 nitrogen and oxygen atoms in total. The number of nitrogens with zero attached hydrogens (tertiary/aromatic N) is 1. The first-order chi connectivity index (χ1) is 12.5. The molecule has 2 aromatic carbocycles. The molecule has 0 aliphatic carbocycles. The molecule has 1 heterocycles. The lowest BCUT2D eigenvalue weighted by Gasteiger charge is -2.29. The van der Waals surface area contributed by atoms with Crippen molar-refractivity contribution in [2.75, 3.05) is 18.0 Å². The van der Waals surface area contributed by atoms with Crippen LogP contribution in [0.2, 0.25) is 5.02 Å². The van der Waals surface area contributed by atoms with Crippen molar-refractivity contribution in [2.45, 2.75) is 38.6 Å². The molecule has 1 amide bonds. The quantitative estimate of drug-likeness (QED) is 0.808. The van der Waals surface area contributed by atoms with Gasteiger partial charge in [-0.1, -0.05) is 29.8 Å². The highest BCUT2D eigenvalue weighted by atomic mass is 35.5. The lowest BCUT2D eigenvalue weighted by molar-refractivity contribution is -0.121. The molecule has 0 aromatic heterocycles. The summed E-state index contributed by atoms with van der Waals surface area (Å²) in [5, 5.41) is 3.26. The molecule has 138 valence electrons. The third-order valence-corrected chi connectivity index (χ3v) is 5.09. The zero-order chi connectivity index (χ0) is 18.5. The van der Waals surface area contributed by atoms with Crippen LogP contribution in [0.5, 0.6) is 0 Å². The molecular formula is C21H24ClFN2O. The number of rotatable bonds is 5. The van der Waals surface area contributed by atoms with E-state index in [1.54, 1.807) is 12.1 Å². The molecule has 5 heteroatoms. The highest BCUT2D eigenvalue weighted by Crippen LogP contribution is 2.22. The summed E-state index contributed by atoms with van der Waals surface area (Å²) in [7, 11) is 0. The number of anilines is 1. The van der Waals surface area contributed by atoms with Gasteiger partial charge in [-0.25, -0.2) is 4.39 Å². The van der Waals surface area contributed by atoms with Gasteiger partial charge in [0.15, 0.2) is 0 Å². The molecule has 1 fully saturated rings. The minimum atomic E-state index is -0.453. The van der Waals surface area contributed by atoms with Crippen molar-refractivity contribution in [1.29, 1.82) is 0 Å². The highest BCUT2D eigenvalue weighted by molar-refractivity contribution is 6.30. The average Bonchev–Trinajstić information content (AvgIpc) is 2.65. The van der Waals surface area contributed by atoms with Crippen LogP contribution in [-0.2, 0) is 11.2 Å². The predicted octanol–water partition coefficient (Wildman–Crippen LogP) is 4.89. The van der Waals surface area contributed by atoms with Crippen LogP contribution >= 0.6 is 11.6 Å². The molecule has 1 N–H and O–H groups in total. The third-order valence-electron chi connectivity index (χ3n) is 4.86. The predicted molar refractivity (Wildman–Crippen MR) is 104 cm³/mol. The lowest BCUT2D eigenvalue weighted by Crippen LogP contribution is -2.30. The molecule has 3 rings (SSSR count). The summed E-state index contributed by atoms with van der Waals surface area (Å²) in [4.78, 5) is 14.6. The van der Waals surface area contributed by atoms with Crippen LogP contribution in [0.3, 0.4) is 0 Å². The van der Waals surface area contributed by atoms with E-state index in [2.05, 4.69) is 34.5 Å². The van der Waals surface area contributed by atoms with Crippen LogP contribution in [0.15, 0.2) is 42.5 Å². The number of carbonyl (C=O) groups excluding carboxylic acids is 1. The number of hydrogen-bond donors (Lipinski definition) is 1. The Labute approximate surface area is 159 Å². The van der Waals surface area contributed by atoms with Crippen LogP contribution < -0.4 is 10.2 Å². The van der Waals surface area contributed by atoms with E-state index in [4.69, 9.17) is 11.6 Å². The zero-order valence-corrected chi connectivity index (χ0v) is 15.7. The first-order valence-corrected chi connectivity index (χ1v) is 9.49. The lowest BCUT2D eigenvalue weighted by atomic mass is 10.1. The number of amides is 1. The molecule has 2 aromatic rings. The van der Waals surface area contributed by atoms with Gasteiger partial charge in [-0.3, -0.25) is 4.79 Å². The van der Waals surface area contributed by atoms with E-state index < -0.39 is 5.82 Å². The van der Waals surface area contributed by atoms with Gasteiger partial charge in [0.2, 0.25) is 5.91 Å². The summed E-state index contributed by atoms with van der Waals surface area (Å²) < 4.78 is 13.8. The van der Waals surface area contributed by atoms with Gasteiger partial charge in [-0.15, -0.1) is 0 Å². The second-order valence-corrected chi connectivity index (χ2v) is 7.28. The van der Waals surface area contributed by atoms with Gasteiger partial charge >= 0.3 is 0 Å². The molecule has 0 saturated carbocycles. The molecule has 0 unspecified atom stereocenters. The van der Waals surface area contributed by atoms with Crippen LogP contribution in [0, 0.1) is 5.82 Å². The van der Waals surface area contributed by atoms with E-state index in [-0.39, 0.29) is 18.4 Å². The Kier molecular flexibility index (Phi) is 6.15. The van der Waals surface area contributed by atoms with E-state index in [0.29, 0.717) is 10.6 Å². The van der Waals surface area contributed by atoms with Crippen LogP contribution in [0.4, 0.5) is 10.1 Å². The van der Waals surface area contributed by atoms with E-state index >= 15 is 0 Å². The Hall–Kier alpha value is -2.07. The van der Waals surface area contributed by atoms with Gasteiger partial charge < -0.3 is 10.2 Å². The Bertz CT molecular complexity index is 757. The summed E-state index contributed by atoms with van der Waals surface area (Å²) in [6, 6.07) is 12.6. The van der Waals surface area contributed by atoms with Crippen molar-refractivity contribution in [3.8, 4) is 0 Å². The Morgan fingerprint density at radius 3 is 2.50 bits per heavy atom. The topological polar surface area (TPSA) is 32.3 Å². The Morgan fingerprint density at radius 1 is 1.15 bits per heavy atom. The summed E-state index contributed by atoms with van der Waals surface area (Å²) in [6.45, 7) is 4.16. The van der Waals surface area contributed by atoms with Gasteiger partial charge in [0, 0.05) is 23.8 Å². The molecular weight excluding hydrogens is 351 g/mol. The minimum Gasteiger partial charge on any atom is -0.372 e. The molecule has 1 saturated heterocycles. The van der Waals surface area contributed by atoms with E-state index in [9.17, 15) is 9.18 Å². The Morgan fingerprint density at radius 2 is 1.85 bits per heavy atom.